The van der Waals surface area contributed by atoms with Crippen LogP contribution in [0.1, 0.15) is 12.6 Å². The van der Waals surface area contributed by atoms with Crippen molar-refractivity contribution >= 4 is 5.91 Å². The lowest BCUT2D eigenvalue weighted by atomic mass is 9.83. The third kappa shape index (κ3) is 1.63. The van der Waals surface area contributed by atoms with Gasteiger partial charge in [0.05, 0.1) is 17.7 Å². The molecule has 2 heterocycles. The van der Waals surface area contributed by atoms with Crippen LogP contribution in [0.15, 0.2) is 12.3 Å². The molecule has 1 aliphatic rings. The molecule has 0 spiro atoms. The molecule has 0 saturated carbocycles. The second-order valence-corrected chi connectivity index (χ2v) is 3.93. The van der Waals surface area contributed by atoms with Crippen LogP contribution in [0, 0.1) is 5.41 Å². The monoisotopic (exact) mass is 194 g/mol. The standard InChI is InChI=1S/C9H14N4O/c1-9(5-10-6-9)8(14)11-4-7-2-3-12-13-7/h2-3,10H,4-6H2,1H3,(H,11,14)(H,12,13). The van der Waals surface area contributed by atoms with Gasteiger partial charge in [-0.05, 0) is 13.0 Å². The maximum absolute atomic E-state index is 11.7. The highest BCUT2D eigenvalue weighted by atomic mass is 16.2. The lowest BCUT2D eigenvalue weighted by molar-refractivity contribution is -0.132. The molecule has 1 aromatic rings. The number of nitrogens with zero attached hydrogens (tertiary/aromatic N) is 1. The molecule has 0 aliphatic carbocycles. The van der Waals surface area contributed by atoms with Gasteiger partial charge in [0.15, 0.2) is 0 Å². The molecule has 1 fully saturated rings. The Kier molecular flexibility index (Phi) is 2.25. The summed E-state index contributed by atoms with van der Waals surface area (Å²) < 4.78 is 0. The van der Waals surface area contributed by atoms with Crippen LogP contribution in [0.3, 0.4) is 0 Å². The van der Waals surface area contributed by atoms with Crippen LogP contribution in [0.25, 0.3) is 0 Å². The van der Waals surface area contributed by atoms with E-state index in [4.69, 9.17) is 0 Å². The van der Waals surface area contributed by atoms with Gasteiger partial charge < -0.3 is 10.6 Å². The predicted octanol–water partition coefficient (Wildman–Crippen LogP) is -0.365. The number of aromatic amines is 1. The van der Waals surface area contributed by atoms with Crippen molar-refractivity contribution in [3.05, 3.63) is 18.0 Å². The van der Waals surface area contributed by atoms with Gasteiger partial charge >= 0.3 is 0 Å². The van der Waals surface area contributed by atoms with E-state index in [9.17, 15) is 4.79 Å². The van der Waals surface area contributed by atoms with Gasteiger partial charge in [0.2, 0.25) is 5.91 Å². The maximum Gasteiger partial charge on any atom is 0.228 e. The van der Waals surface area contributed by atoms with Crippen LogP contribution >= 0.6 is 0 Å². The number of hydrogen-bond acceptors (Lipinski definition) is 3. The molecule has 0 bridgehead atoms. The number of aromatic nitrogens is 2. The lowest BCUT2D eigenvalue weighted by Gasteiger charge is -2.37. The summed E-state index contributed by atoms with van der Waals surface area (Å²) in [6.07, 6.45) is 1.67. The average Bonchev–Trinajstić information content (AvgIpc) is 2.62. The number of carbonyl (C=O) groups is 1. The normalized spacial score (nSPS) is 18.6. The SMILES string of the molecule is CC1(C(=O)NCc2ccn[nH]2)CNC1. The first-order valence-electron chi connectivity index (χ1n) is 4.68. The Hall–Kier alpha value is -1.36. The maximum atomic E-state index is 11.7. The fourth-order valence-electron chi connectivity index (χ4n) is 1.43. The summed E-state index contributed by atoms with van der Waals surface area (Å²) >= 11 is 0. The van der Waals surface area contributed by atoms with E-state index in [1.807, 2.05) is 13.0 Å². The van der Waals surface area contributed by atoms with Crippen molar-refractivity contribution in [2.75, 3.05) is 13.1 Å². The van der Waals surface area contributed by atoms with Crippen molar-refractivity contribution in [1.82, 2.24) is 20.8 Å². The topological polar surface area (TPSA) is 69.8 Å². The van der Waals surface area contributed by atoms with Crippen LogP contribution in [0.5, 0.6) is 0 Å². The van der Waals surface area contributed by atoms with E-state index in [0.29, 0.717) is 6.54 Å². The molecule has 1 saturated heterocycles. The summed E-state index contributed by atoms with van der Waals surface area (Å²) in [4.78, 5) is 11.7. The third-order valence-electron chi connectivity index (χ3n) is 2.58. The average molecular weight is 194 g/mol. The molecule has 5 nitrogen and oxygen atoms in total. The molecule has 0 atom stereocenters. The summed E-state index contributed by atoms with van der Waals surface area (Å²) in [6, 6.07) is 1.85. The predicted molar refractivity (Wildman–Crippen MR) is 51.4 cm³/mol. The largest absolute Gasteiger partial charge is 0.350 e. The van der Waals surface area contributed by atoms with E-state index >= 15 is 0 Å². The molecule has 0 unspecified atom stereocenters. The van der Waals surface area contributed by atoms with Crippen molar-refractivity contribution < 1.29 is 4.79 Å². The van der Waals surface area contributed by atoms with Crippen LogP contribution in [-0.4, -0.2) is 29.2 Å². The van der Waals surface area contributed by atoms with Crippen molar-refractivity contribution in [3.63, 3.8) is 0 Å². The van der Waals surface area contributed by atoms with Gasteiger partial charge in [0.25, 0.3) is 0 Å². The lowest BCUT2D eigenvalue weighted by Crippen LogP contribution is -2.59. The van der Waals surface area contributed by atoms with Gasteiger partial charge in [-0.1, -0.05) is 0 Å². The second-order valence-electron chi connectivity index (χ2n) is 3.93. The molecule has 2 rings (SSSR count). The molecule has 5 heteroatoms. The van der Waals surface area contributed by atoms with Crippen molar-refractivity contribution in [2.24, 2.45) is 5.41 Å². The van der Waals surface area contributed by atoms with Crippen LogP contribution in [-0.2, 0) is 11.3 Å². The Morgan fingerprint density at radius 1 is 1.71 bits per heavy atom. The van der Waals surface area contributed by atoms with Crippen molar-refractivity contribution in [3.8, 4) is 0 Å². The number of H-pyrrole nitrogens is 1. The molecular formula is C9H14N4O. The molecule has 0 radical (unpaired) electrons. The Balaban J connectivity index is 1.84. The minimum absolute atomic E-state index is 0.103. The highest BCUT2D eigenvalue weighted by Gasteiger charge is 2.38. The van der Waals surface area contributed by atoms with E-state index in [2.05, 4.69) is 20.8 Å². The quantitative estimate of drug-likeness (QED) is 0.615. The number of amides is 1. The molecule has 14 heavy (non-hydrogen) atoms. The zero-order chi connectivity index (χ0) is 10.0. The van der Waals surface area contributed by atoms with Crippen LogP contribution < -0.4 is 10.6 Å². The van der Waals surface area contributed by atoms with Crippen molar-refractivity contribution in [2.45, 2.75) is 13.5 Å². The van der Waals surface area contributed by atoms with E-state index in [1.54, 1.807) is 6.20 Å². The molecule has 1 amide bonds. The number of rotatable bonds is 3. The zero-order valence-electron chi connectivity index (χ0n) is 8.13. The van der Waals surface area contributed by atoms with Gasteiger partial charge in [-0.3, -0.25) is 9.89 Å². The molecular weight excluding hydrogens is 180 g/mol. The summed E-state index contributed by atoms with van der Waals surface area (Å²) in [5, 5.41) is 12.6. The van der Waals surface area contributed by atoms with Gasteiger partial charge in [0.1, 0.15) is 0 Å². The highest BCUT2D eigenvalue weighted by Crippen LogP contribution is 2.21. The van der Waals surface area contributed by atoms with Gasteiger partial charge in [0, 0.05) is 19.3 Å². The Labute approximate surface area is 82.3 Å². The number of carbonyl (C=O) groups excluding carboxylic acids is 1. The first-order chi connectivity index (χ1) is 6.71. The van der Waals surface area contributed by atoms with Gasteiger partial charge in [-0.15, -0.1) is 0 Å². The van der Waals surface area contributed by atoms with E-state index < -0.39 is 0 Å². The summed E-state index contributed by atoms with van der Waals surface area (Å²) in [6.45, 7) is 4.02. The molecule has 1 aliphatic heterocycles. The Morgan fingerprint density at radius 2 is 2.50 bits per heavy atom. The third-order valence-corrected chi connectivity index (χ3v) is 2.58. The summed E-state index contributed by atoms with van der Waals surface area (Å²) in [5.74, 6) is 0.103. The zero-order valence-corrected chi connectivity index (χ0v) is 8.13. The van der Waals surface area contributed by atoms with E-state index in [0.717, 1.165) is 18.8 Å². The minimum Gasteiger partial charge on any atom is -0.350 e. The van der Waals surface area contributed by atoms with Crippen LogP contribution in [0.2, 0.25) is 0 Å². The summed E-state index contributed by atoms with van der Waals surface area (Å²) in [7, 11) is 0. The molecule has 3 N–H and O–H groups in total. The molecule has 0 aromatic carbocycles. The number of hydrogen-bond donors (Lipinski definition) is 3. The van der Waals surface area contributed by atoms with E-state index in [1.165, 1.54) is 0 Å². The highest BCUT2D eigenvalue weighted by molar-refractivity contribution is 5.83. The Morgan fingerprint density at radius 3 is 3.00 bits per heavy atom. The molecule has 76 valence electrons. The second kappa shape index (κ2) is 3.42. The Bertz CT molecular complexity index is 316. The van der Waals surface area contributed by atoms with Crippen molar-refractivity contribution in [1.29, 1.82) is 0 Å². The fraction of sp³-hybridized carbons (Fsp3) is 0.556. The minimum atomic E-state index is -0.222. The first kappa shape index (κ1) is 9.21. The first-order valence-corrected chi connectivity index (χ1v) is 4.68. The summed E-state index contributed by atoms with van der Waals surface area (Å²) in [5.41, 5.74) is 0.703. The smallest absolute Gasteiger partial charge is 0.228 e. The van der Waals surface area contributed by atoms with Crippen LogP contribution in [0.4, 0.5) is 0 Å². The van der Waals surface area contributed by atoms with Gasteiger partial charge in [-0.2, -0.15) is 5.10 Å². The molecule has 1 aromatic heterocycles. The van der Waals surface area contributed by atoms with Gasteiger partial charge in [-0.25, -0.2) is 0 Å². The number of nitrogens with one attached hydrogen (secondary N) is 3. The fourth-order valence-corrected chi connectivity index (χ4v) is 1.43. The van der Waals surface area contributed by atoms with E-state index in [-0.39, 0.29) is 11.3 Å².